The SMILES string of the molecule is CC(C)COP(=O)([O-])[O-].CC(C)CO[P-]OCC(C)C.C[O-].C[O-].C[O-].C[O-].C[O-].[Ti+4].[Ti+4]. The maximum absolute atomic E-state index is 9.79. The fourth-order valence-electron chi connectivity index (χ4n) is 0.637. The van der Waals surface area contributed by atoms with Gasteiger partial charge in [0, 0.05) is 13.2 Å². The van der Waals surface area contributed by atoms with E-state index in [0.29, 0.717) is 20.9 Å². The molecule has 32 heavy (non-hydrogen) atoms. The summed E-state index contributed by atoms with van der Waals surface area (Å²) >= 11 is 0. The molecule has 0 saturated carbocycles. The Morgan fingerprint density at radius 3 is 0.938 bits per heavy atom. The topological polar surface area (TPSA) is 206 Å². The van der Waals surface area contributed by atoms with Crippen molar-refractivity contribution in [1.29, 1.82) is 0 Å². The van der Waals surface area contributed by atoms with E-state index >= 15 is 0 Å². The first kappa shape index (κ1) is 59.1. The number of phosphoric ester groups is 1. The van der Waals surface area contributed by atoms with Crippen LogP contribution in [0.1, 0.15) is 41.5 Å². The van der Waals surface area contributed by atoms with Gasteiger partial charge in [0.25, 0.3) is 0 Å². The van der Waals surface area contributed by atoms with E-state index in [2.05, 4.69) is 32.2 Å². The molecule has 0 aromatic heterocycles. The summed E-state index contributed by atoms with van der Waals surface area (Å²) in [5.41, 5.74) is 0. The number of hydrogen-bond acceptors (Lipinski definition) is 11. The number of rotatable bonds is 9. The first-order chi connectivity index (χ1) is 14.0. The summed E-state index contributed by atoms with van der Waals surface area (Å²) < 4.78 is 24.1. The molecule has 0 saturated heterocycles. The van der Waals surface area contributed by atoms with E-state index in [0.717, 1.165) is 48.8 Å². The van der Waals surface area contributed by atoms with E-state index in [1.807, 2.05) is 0 Å². The molecule has 0 aliphatic rings. The molecule has 0 aliphatic carbocycles. The summed E-state index contributed by atoms with van der Waals surface area (Å²) in [5, 5.41) is 41.2. The van der Waals surface area contributed by atoms with Crippen LogP contribution in [-0.2, 0) is 61.6 Å². The van der Waals surface area contributed by atoms with Crippen molar-refractivity contribution in [2.75, 3.05) is 55.4 Å². The number of phosphoric acid groups is 1. The number of hydrogen-bond donors (Lipinski definition) is 0. The molecule has 0 radical (unpaired) electrons. The summed E-state index contributed by atoms with van der Waals surface area (Å²) in [6.07, 6.45) is 0. The Morgan fingerprint density at radius 1 is 0.594 bits per heavy atom. The predicted octanol–water partition coefficient (Wildman–Crippen LogP) is -2.53. The molecular formula is C17H42O11P2Ti2. The van der Waals surface area contributed by atoms with Gasteiger partial charge in [-0.2, -0.15) is 35.5 Å². The molecular weight excluding hydrogens is 538 g/mol. The quantitative estimate of drug-likeness (QED) is 0.158. The van der Waals surface area contributed by atoms with Crippen LogP contribution in [0.25, 0.3) is 0 Å². The van der Waals surface area contributed by atoms with E-state index in [4.69, 9.17) is 34.6 Å². The van der Waals surface area contributed by atoms with Crippen molar-refractivity contribution < 1.29 is 96.9 Å². The standard InChI is InChI=1S/C8H18O2P.C4H11O4P.5CH3O.2Ti/c1-7(2)5-9-11-10-6-8(3)4;1-4(2)3-8-9(5,6)7;5*1-2;;/h7-8H,5-6H2,1-4H3;4H,3H2,1-2H3,(H2,5,6,7);5*1H3;;/q-1;;5*-1;2*+4/p-2. The summed E-state index contributed by atoms with van der Waals surface area (Å²) in [6, 6.07) is 0. The molecule has 15 heteroatoms. The van der Waals surface area contributed by atoms with Crippen molar-refractivity contribution in [3.05, 3.63) is 0 Å². The third-order valence-corrected chi connectivity index (χ3v) is 2.46. The van der Waals surface area contributed by atoms with Crippen molar-refractivity contribution in [2.45, 2.75) is 41.5 Å². The smallest absolute Gasteiger partial charge is 0.857 e. The van der Waals surface area contributed by atoms with E-state index in [9.17, 15) is 14.4 Å². The average Bonchev–Trinajstić information content (AvgIpc) is 2.73. The van der Waals surface area contributed by atoms with Gasteiger partial charge in [-0.05, 0) is 17.8 Å². The summed E-state index contributed by atoms with van der Waals surface area (Å²) in [5.74, 6) is 1.25. The van der Waals surface area contributed by atoms with Gasteiger partial charge in [0.2, 0.25) is 0 Å². The van der Waals surface area contributed by atoms with Gasteiger partial charge in [0.05, 0.1) is 14.4 Å². The van der Waals surface area contributed by atoms with Gasteiger partial charge in [0.15, 0.2) is 0 Å². The van der Waals surface area contributed by atoms with Crippen molar-refractivity contribution in [2.24, 2.45) is 17.8 Å². The maximum Gasteiger partial charge on any atom is 4.00 e. The molecule has 0 fully saturated rings. The fraction of sp³-hybridized carbons (Fsp3) is 1.00. The molecule has 0 aromatic carbocycles. The molecule has 194 valence electrons. The zero-order valence-electron chi connectivity index (χ0n) is 21.2. The van der Waals surface area contributed by atoms with Crippen LogP contribution in [-0.4, -0.2) is 55.4 Å². The minimum absolute atomic E-state index is 0. The monoisotopic (exact) mass is 580 g/mol. The van der Waals surface area contributed by atoms with Crippen molar-refractivity contribution >= 4 is 16.9 Å². The Balaban J connectivity index is -0.0000000326. The van der Waals surface area contributed by atoms with Crippen LogP contribution >= 0.6 is 16.9 Å². The Labute approximate surface area is 227 Å². The van der Waals surface area contributed by atoms with Crippen LogP contribution in [0.3, 0.4) is 0 Å². The molecule has 0 amide bonds. The van der Waals surface area contributed by atoms with Crippen LogP contribution < -0.4 is 35.3 Å². The second-order valence-electron chi connectivity index (χ2n) is 5.59. The van der Waals surface area contributed by atoms with Gasteiger partial charge < -0.3 is 53.5 Å². The van der Waals surface area contributed by atoms with Crippen LogP contribution in [0.2, 0.25) is 0 Å². The van der Waals surface area contributed by atoms with Crippen molar-refractivity contribution in [3.63, 3.8) is 0 Å². The van der Waals surface area contributed by atoms with Gasteiger partial charge in [-0.1, -0.05) is 41.5 Å². The van der Waals surface area contributed by atoms with Crippen molar-refractivity contribution in [3.8, 4) is 0 Å². The zero-order valence-corrected chi connectivity index (χ0v) is 26.2. The first-order valence-corrected chi connectivity index (χ1v) is 10.9. The van der Waals surface area contributed by atoms with Crippen LogP contribution in [0.4, 0.5) is 0 Å². The summed E-state index contributed by atoms with van der Waals surface area (Å²) in [7, 11) is -0.306. The summed E-state index contributed by atoms with van der Waals surface area (Å²) in [6.45, 7) is 13.5. The average molecular weight is 580 g/mol. The Morgan fingerprint density at radius 2 is 0.812 bits per heavy atom. The molecule has 0 N–H and O–H groups in total. The minimum Gasteiger partial charge on any atom is -0.857 e. The Hall–Kier alpha value is 1.69. The molecule has 0 spiro atoms. The van der Waals surface area contributed by atoms with Gasteiger partial charge in [-0.15, -0.1) is 0 Å². The minimum atomic E-state index is -4.72. The second-order valence-corrected chi connectivity index (χ2v) is 7.41. The van der Waals surface area contributed by atoms with Crippen LogP contribution in [0, 0.1) is 17.8 Å². The largest absolute Gasteiger partial charge is 4.00 e. The normalized spacial score (nSPS) is 8.41. The van der Waals surface area contributed by atoms with Crippen LogP contribution in [0.5, 0.6) is 0 Å². The first-order valence-electron chi connectivity index (χ1n) is 8.69. The molecule has 0 atom stereocenters. The van der Waals surface area contributed by atoms with Gasteiger partial charge in [0.1, 0.15) is 0 Å². The molecule has 0 rings (SSSR count). The van der Waals surface area contributed by atoms with E-state index < -0.39 is 7.82 Å². The Bertz CT molecular complexity index is 265. The second kappa shape index (κ2) is 58.5. The van der Waals surface area contributed by atoms with Gasteiger partial charge in [-0.25, -0.2) is 9.03 Å². The molecule has 0 unspecified atom stereocenters. The molecule has 0 heterocycles. The predicted molar refractivity (Wildman–Crippen MR) is 107 cm³/mol. The van der Waals surface area contributed by atoms with Crippen LogP contribution in [0.15, 0.2) is 0 Å². The third kappa shape index (κ3) is 121. The van der Waals surface area contributed by atoms with E-state index in [-0.39, 0.29) is 56.0 Å². The molecule has 0 aromatic rings. The maximum atomic E-state index is 9.79. The zero-order chi connectivity index (χ0) is 26.2. The molecule has 11 nitrogen and oxygen atoms in total. The molecule has 0 aliphatic heterocycles. The fourth-order valence-corrected chi connectivity index (χ4v) is 1.91. The van der Waals surface area contributed by atoms with Gasteiger partial charge in [-0.3, -0.25) is 0 Å². The third-order valence-electron chi connectivity index (χ3n) is 1.49. The van der Waals surface area contributed by atoms with E-state index in [1.54, 1.807) is 13.8 Å². The molecule has 0 bridgehead atoms. The van der Waals surface area contributed by atoms with Gasteiger partial charge >= 0.3 is 43.4 Å². The Kier molecular flexibility index (Phi) is 108. The summed E-state index contributed by atoms with van der Waals surface area (Å²) in [4.78, 5) is 19.6. The van der Waals surface area contributed by atoms with Crippen molar-refractivity contribution in [1.82, 2.24) is 0 Å². The van der Waals surface area contributed by atoms with E-state index in [1.165, 1.54) is 0 Å².